The van der Waals surface area contributed by atoms with E-state index in [2.05, 4.69) is 15.3 Å². The highest BCUT2D eigenvalue weighted by atomic mass is 32.2. The van der Waals surface area contributed by atoms with Gasteiger partial charge in [0.1, 0.15) is 11.6 Å². The summed E-state index contributed by atoms with van der Waals surface area (Å²) in [7, 11) is 0. The standard InChI is InChI=1S/C25H20FN3O2S/c1-32-22-11-5-17(6-12-22)16-28-25(30)19-3-2-4-21(15-19)31-23-13-14-27-24(29-23)18-7-9-20(26)10-8-18/h2-15H,16H2,1H3,(H,28,30). The van der Waals surface area contributed by atoms with E-state index >= 15 is 0 Å². The lowest BCUT2D eigenvalue weighted by Gasteiger charge is -2.09. The lowest BCUT2D eigenvalue weighted by atomic mass is 10.2. The van der Waals surface area contributed by atoms with E-state index in [0.29, 0.717) is 35.1 Å². The average Bonchev–Trinajstić information content (AvgIpc) is 2.83. The normalized spacial score (nSPS) is 10.6. The van der Waals surface area contributed by atoms with Crippen LogP contribution < -0.4 is 10.1 Å². The van der Waals surface area contributed by atoms with Crippen LogP contribution in [0.1, 0.15) is 15.9 Å². The maximum atomic E-state index is 13.2. The minimum atomic E-state index is -0.326. The number of hydrogen-bond acceptors (Lipinski definition) is 5. The molecule has 0 saturated carbocycles. The van der Waals surface area contributed by atoms with Crippen molar-refractivity contribution >= 4 is 17.7 Å². The minimum Gasteiger partial charge on any atom is -0.439 e. The van der Waals surface area contributed by atoms with Gasteiger partial charge in [-0.05, 0) is 66.4 Å². The van der Waals surface area contributed by atoms with Crippen LogP contribution >= 0.6 is 11.8 Å². The molecule has 0 fully saturated rings. The summed E-state index contributed by atoms with van der Waals surface area (Å²) in [5.41, 5.74) is 2.18. The first-order valence-electron chi connectivity index (χ1n) is 9.89. The lowest BCUT2D eigenvalue weighted by molar-refractivity contribution is 0.0950. The Morgan fingerprint density at radius 2 is 1.81 bits per heavy atom. The molecule has 0 unspecified atom stereocenters. The maximum absolute atomic E-state index is 13.2. The van der Waals surface area contributed by atoms with Crippen LogP contribution in [0.2, 0.25) is 0 Å². The van der Waals surface area contributed by atoms with Crippen LogP contribution in [0.5, 0.6) is 11.6 Å². The van der Waals surface area contributed by atoms with Crippen molar-refractivity contribution in [1.29, 1.82) is 0 Å². The summed E-state index contributed by atoms with van der Waals surface area (Å²) in [6.45, 7) is 0.436. The Bertz CT molecular complexity index is 1210. The zero-order chi connectivity index (χ0) is 22.3. The van der Waals surface area contributed by atoms with Crippen molar-refractivity contribution in [2.24, 2.45) is 0 Å². The van der Waals surface area contributed by atoms with Crippen LogP contribution in [-0.4, -0.2) is 22.1 Å². The summed E-state index contributed by atoms with van der Waals surface area (Å²) in [6.07, 6.45) is 3.59. The molecule has 3 aromatic carbocycles. The molecule has 4 rings (SSSR count). The molecule has 0 spiro atoms. The van der Waals surface area contributed by atoms with Crippen LogP contribution in [0.4, 0.5) is 4.39 Å². The maximum Gasteiger partial charge on any atom is 0.251 e. The van der Waals surface area contributed by atoms with Crippen molar-refractivity contribution < 1.29 is 13.9 Å². The number of nitrogens with zero attached hydrogens (tertiary/aromatic N) is 2. The zero-order valence-electron chi connectivity index (χ0n) is 17.3. The molecule has 160 valence electrons. The monoisotopic (exact) mass is 445 g/mol. The highest BCUT2D eigenvalue weighted by Gasteiger charge is 2.09. The number of rotatable bonds is 7. The van der Waals surface area contributed by atoms with Crippen LogP contribution in [0.3, 0.4) is 0 Å². The number of amides is 1. The highest BCUT2D eigenvalue weighted by Crippen LogP contribution is 2.23. The summed E-state index contributed by atoms with van der Waals surface area (Å²) < 4.78 is 19.0. The van der Waals surface area contributed by atoms with Crippen molar-refractivity contribution in [3.8, 4) is 23.0 Å². The number of thioether (sulfide) groups is 1. The molecule has 1 amide bonds. The lowest BCUT2D eigenvalue weighted by Crippen LogP contribution is -2.22. The Hall–Kier alpha value is -3.71. The number of carbonyl (C=O) groups excluding carboxylic acids is 1. The SMILES string of the molecule is CSc1ccc(CNC(=O)c2cccc(Oc3ccnc(-c4ccc(F)cc4)n3)c2)cc1. The van der Waals surface area contributed by atoms with Crippen molar-refractivity contribution in [3.63, 3.8) is 0 Å². The first-order chi connectivity index (χ1) is 15.6. The molecule has 1 N–H and O–H groups in total. The molecule has 0 radical (unpaired) electrons. The second-order valence-corrected chi connectivity index (χ2v) is 7.77. The van der Waals surface area contributed by atoms with E-state index in [1.165, 1.54) is 17.0 Å². The molecule has 32 heavy (non-hydrogen) atoms. The van der Waals surface area contributed by atoms with Crippen molar-refractivity contribution in [2.75, 3.05) is 6.26 Å². The number of aromatic nitrogens is 2. The number of carbonyl (C=O) groups is 1. The third kappa shape index (κ3) is 5.50. The second-order valence-electron chi connectivity index (χ2n) is 6.89. The fourth-order valence-electron chi connectivity index (χ4n) is 2.99. The topological polar surface area (TPSA) is 64.1 Å². The van der Waals surface area contributed by atoms with Gasteiger partial charge in [0.05, 0.1) is 0 Å². The first kappa shape index (κ1) is 21.5. The van der Waals surface area contributed by atoms with Gasteiger partial charge in [-0.3, -0.25) is 4.79 Å². The van der Waals surface area contributed by atoms with Gasteiger partial charge in [-0.1, -0.05) is 18.2 Å². The summed E-state index contributed by atoms with van der Waals surface area (Å²) in [4.78, 5) is 22.3. The fourth-order valence-corrected chi connectivity index (χ4v) is 3.39. The molecule has 0 atom stereocenters. The molecule has 0 aliphatic carbocycles. The van der Waals surface area contributed by atoms with E-state index in [1.54, 1.807) is 60.4 Å². The Balaban J connectivity index is 1.43. The third-order valence-corrected chi connectivity index (χ3v) is 5.41. The van der Waals surface area contributed by atoms with Gasteiger partial charge in [0.15, 0.2) is 5.82 Å². The van der Waals surface area contributed by atoms with E-state index in [9.17, 15) is 9.18 Å². The van der Waals surface area contributed by atoms with Crippen LogP contribution in [-0.2, 0) is 6.54 Å². The van der Waals surface area contributed by atoms with Gasteiger partial charge in [0.2, 0.25) is 5.88 Å². The van der Waals surface area contributed by atoms with E-state index in [4.69, 9.17) is 4.74 Å². The molecule has 0 aliphatic rings. The summed E-state index contributed by atoms with van der Waals surface area (Å²) in [5, 5.41) is 2.92. The number of halogens is 1. The van der Waals surface area contributed by atoms with Crippen molar-refractivity contribution in [3.05, 3.63) is 102 Å². The van der Waals surface area contributed by atoms with Crippen LogP contribution in [0.25, 0.3) is 11.4 Å². The molecular weight excluding hydrogens is 425 g/mol. The molecule has 4 aromatic rings. The molecule has 1 heterocycles. The van der Waals surface area contributed by atoms with Crippen molar-refractivity contribution in [2.45, 2.75) is 11.4 Å². The smallest absolute Gasteiger partial charge is 0.251 e. The summed E-state index contributed by atoms with van der Waals surface area (Å²) in [5.74, 6) is 0.702. The molecule has 0 aliphatic heterocycles. The second kappa shape index (κ2) is 10.1. The van der Waals surface area contributed by atoms with Crippen LogP contribution in [0, 0.1) is 5.82 Å². The van der Waals surface area contributed by atoms with Gasteiger partial charge in [0, 0.05) is 34.8 Å². The Morgan fingerprint density at radius 1 is 1.03 bits per heavy atom. The number of nitrogens with one attached hydrogen (secondary N) is 1. The van der Waals surface area contributed by atoms with Gasteiger partial charge >= 0.3 is 0 Å². The molecular formula is C25H20FN3O2S. The molecule has 0 bridgehead atoms. The Kier molecular flexibility index (Phi) is 6.77. The van der Waals surface area contributed by atoms with Gasteiger partial charge in [-0.15, -0.1) is 11.8 Å². The van der Waals surface area contributed by atoms with E-state index in [1.807, 2.05) is 30.5 Å². The number of benzene rings is 3. The number of hydrogen-bond donors (Lipinski definition) is 1. The minimum absolute atomic E-state index is 0.195. The quantitative estimate of drug-likeness (QED) is 0.368. The van der Waals surface area contributed by atoms with Crippen LogP contribution in [0.15, 0.2) is 90.0 Å². The Morgan fingerprint density at radius 3 is 2.56 bits per heavy atom. The fraction of sp³-hybridized carbons (Fsp3) is 0.0800. The molecule has 5 nitrogen and oxygen atoms in total. The van der Waals surface area contributed by atoms with Gasteiger partial charge in [0.25, 0.3) is 5.91 Å². The Labute approximate surface area is 189 Å². The highest BCUT2D eigenvalue weighted by molar-refractivity contribution is 7.98. The predicted molar refractivity (Wildman–Crippen MR) is 123 cm³/mol. The van der Waals surface area contributed by atoms with E-state index in [0.717, 1.165) is 5.56 Å². The summed E-state index contributed by atoms with van der Waals surface area (Å²) in [6, 6.07) is 22.5. The zero-order valence-corrected chi connectivity index (χ0v) is 18.1. The van der Waals surface area contributed by atoms with Crippen molar-refractivity contribution in [1.82, 2.24) is 15.3 Å². The first-order valence-corrected chi connectivity index (χ1v) is 11.1. The van der Waals surface area contributed by atoms with E-state index < -0.39 is 0 Å². The average molecular weight is 446 g/mol. The van der Waals surface area contributed by atoms with Gasteiger partial charge < -0.3 is 10.1 Å². The van der Waals surface area contributed by atoms with Gasteiger partial charge in [-0.2, -0.15) is 4.98 Å². The third-order valence-electron chi connectivity index (χ3n) is 4.66. The van der Waals surface area contributed by atoms with E-state index in [-0.39, 0.29) is 11.7 Å². The van der Waals surface area contributed by atoms with Gasteiger partial charge in [-0.25, -0.2) is 9.37 Å². The number of ether oxygens (including phenoxy) is 1. The molecule has 0 saturated heterocycles. The molecule has 1 aromatic heterocycles. The summed E-state index contributed by atoms with van der Waals surface area (Å²) >= 11 is 1.68. The predicted octanol–water partition coefficient (Wildman–Crippen LogP) is 5.73. The largest absolute Gasteiger partial charge is 0.439 e. The molecule has 7 heteroatoms.